The third-order valence-electron chi connectivity index (χ3n) is 4.35. The van der Waals surface area contributed by atoms with E-state index in [2.05, 4.69) is 23.4 Å². The summed E-state index contributed by atoms with van der Waals surface area (Å²) in [6, 6.07) is 3.39. The molecule has 1 unspecified atom stereocenters. The molecule has 2 nitrogen and oxygen atoms in total. The maximum absolute atomic E-state index is 13.6. The van der Waals surface area contributed by atoms with Crippen molar-refractivity contribution in [3.63, 3.8) is 0 Å². The van der Waals surface area contributed by atoms with E-state index in [1.807, 2.05) is 6.07 Å². The zero-order valence-electron chi connectivity index (χ0n) is 11.5. The lowest BCUT2D eigenvalue weighted by Gasteiger charge is -2.09. The smallest absolute Gasteiger partial charge is 0.128 e. The minimum Gasteiger partial charge on any atom is -0.327 e. The van der Waals surface area contributed by atoms with E-state index in [-0.39, 0.29) is 5.82 Å². The Kier molecular flexibility index (Phi) is 2.86. The topological polar surface area (TPSA) is 17.8 Å². The molecule has 4 heteroatoms. The molecule has 3 rings (SSSR count). The summed E-state index contributed by atoms with van der Waals surface area (Å²) in [6.07, 6.45) is 1.23. The van der Waals surface area contributed by atoms with Crippen LogP contribution in [0.1, 0.15) is 31.7 Å². The molecule has 0 spiro atoms. The van der Waals surface area contributed by atoms with Gasteiger partial charge in [-0.1, -0.05) is 13.8 Å². The maximum atomic E-state index is 13.6. The van der Waals surface area contributed by atoms with Gasteiger partial charge in [0.15, 0.2) is 0 Å². The first-order chi connectivity index (χ1) is 8.92. The van der Waals surface area contributed by atoms with Gasteiger partial charge in [0.05, 0.1) is 16.9 Å². The van der Waals surface area contributed by atoms with E-state index in [9.17, 15) is 4.39 Å². The van der Waals surface area contributed by atoms with Gasteiger partial charge in [0.2, 0.25) is 0 Å². The molecule has 102 valence electrons. The summed E-state index contributed by atoms with van der Waals surface area (Å²) in [5, 5.41) is 0. The first-order valence-electron chi connectivity index (χ1n) is 6.63. The summed E-state index contributed by atoms with van der Waals surface area (Å²) in [4.78, 5) is 4.45. The van der Waals surface area contributed by atoms with E-state index in [4.69, 9.17) is 11.6 Å². The summed E-state index contributed by atoms with van der Waals surface area (Å²) in [5.41, 5.74) is 2.77. The Morgan fingerprint density at radius 3 is 2.74 bits per heavy atom. The third kappa shape index (κ3) is 2.14. The van der Waals surface area contributed by atoms with E-state index in [1.54, 1.807) is 6.92 Å². The highest BCUT2D eigenvalue weighted by atomic mass is 35.5. The van der Waals surface area contributed by atoms with Crippen LogP contribution in [0.4, 0.5) is 4.39 Å². The highest BCUT2D eigenvalue weighted by Crippen LogP contribution is 2.52. The van der Waals surface area contributed by atoms with Crippen molar-refractivity contribution in [1.29, 1.82) is 0 Å². The van der Waals surface area contributed by atoms with Gasteiger partial charge in [0.25, 0.3) is 0 Å². The van der Waals surface area contributed by atoms with Crippen molar-refractivity contribution in [2.24, 2.45) is 11.3 Å². The van der Waals surface area contributed by atoms with Crippen molar-refractivity contribution in [2.75, 3.05) is 0 Å². The summed E-state index contributed by atoms with van der Waals surface area (Å²) in [6.45, 7) is 7.27. The number of hydrogen-bond donors (Lipinski definition) is 0. The Balaban J connectivity index is 2.08. The van der Waals surface area contributed by atoms with Crippen molar-refractivity contribution in [1.82, 2.24) is 9.55 Å². The second kappa shape index (κ2) is 4.20. The van der Waals surface area contributed by atoms with Gasteiger partial charge in [-0.3, -0.25) is 0 Å². The van der Waals surface area contributed by atoms with E-state index >= 15 is 0 Å². The fourth-order valence-corrected chi connectivity index (χ4v) is 2.92. The number of fused-ring (bicyclic) bond motifs is 1. The molecule has 0 saturated heterocycles. The van der Waals surface area contributed by atoms with Crippen LogP contribution in [0.15, 0.2) is 12.1 Å². The van der Waals surface area contributed by atoms with E-state index in [0.717, 1.165) is 17.9 Å². The van der Waals surface area contributed by atoms with Crippen LogP contribution in [0, 0.1) is 24.1 Å². The standard InChI is InChI=1S/C15H18ClFN2/c1-9-4-13-12(5-11(9)17)18-14(7-16)19(13)8-10-6-15(10,2)3/h4-5,10H,6-8H2,1-3H3. The van der Waals surface area contributed by atoms with E-state index in [0.29, 0.717) is 28.3 Å². The average molecular weight is 281 g/mol. The molecular formula is C15H18ClFN2. The zero-order chi connectivity index (χ0) is 13.8. The second-order valence-corrected chi connectivity index (χ2v) is 6.52. The lowest BCUT2D eigenvalue weighted by atomic mass is 10.1. The Bertz CT molecular complexity index is 645. The molecule has 0 N–H and O–H groups in total. The predicted molar refractivity (Wildman–Crippen MR) is 75.9 cm³/mol. The monoisotopic (exact) mass is 280 g/mol. The Hall–Kier alpha value is -1.09. The SMILES string of the molecule is Cc1cc2c(cc1F)nc(CCl)n2CC1CC1(C)C. The van der Waals surface area contributed by atoms with Crippen LogP contribution < -0.4 is 0 Å². The van der Waals surface area contributed by atoms with Gasteiger partial charge in [-0.15, -0.1) is 11.6 Å². The minimum atomic E-state index is -0.204. The molecule has 1 heterocycles. The summed E-state index contributed by atoms with van der Waals surface area (Å²) >= 11 is 5.98. The van der Waals surface area contributed by atoms with Gasteiger partial charge in [0.1, 0.15) is 11.6 Å². The molecule has 0 amide bonds. The molecule has 1 fully saturated rings. The second-order valence-electron chi connectivity index (χ2n) is 6.25. The molecule has 1 saturated carbocycles. The Labute approximate surface area is 117 Å². The molecular weight excluding hydrogens is 263 g/mol. The van der Waals surface area contributed by atoms with Crippen LogP contribution in [0.3, 0.4) is 0 Å². The average Bonchev–Trinajstić information content (AvgIpc) is 2.80. The van der Waals surface area contributed by atoms with Crippen molar-refractivity contribution in [2.45, 2.75) is 39.6 Å². The molecule has 19 heavy (non-hydrogen) atoms. The number of alkyl halides is 1. The molecule has 1 aromatic carbocycles. The number of hydrogen-bond acceptors (Lipinski definition) is 1. The van der Waals surface area contributed by atoms with Crippen LogP contribution in [-0.4, -0.2) is 9.55 Å². The summed E-state index contributed by atoms with van der Waals surface area (Å²) < 4.78 is 15.8. The first-order valence-corrected chi connectivity index (χ1v) is 7.17. The molecule has 1 atom stereocenters. The molecule has 2 aromatic rings. The Morgan fingerprint density at radius 1 is 1.47 bits per heavy atom. The van der Waals surface area contributed by atoms with Gasteiger partial charge >= 0.3 is 0 Å². The normalized spacial score (nSPS) is 21.0. The third-order valence-corrected chi connectivity index (χ3v) is 4.59. The number of imidazole rings is 1. The fourth-order valence-electron chi connectivity index (χ4n) is 2.71. The lowest BCUT2D eigenvalue weighted by molar-refractivity contribution is 0.498. The van der Waals surface area contributed by atoms with Crippen molar-refractivity contribution in [3.8, 4) is 0 Å². The largest absolute Gasteiger partial charge is 0.327 e. The van der Waals surface area contributed by atoms with Crippen LogP contribution in [0.2, 0.25) is 0 Å². The molecule has 1 aliphatic rings. The van der Waals surface area contributed by atoms with Crippen molar-refractivity contribution in [3.05, 3.63) is 29.3 Å². The summed E-state index contributed by atoms with van der Waals surface area (Å²) in [5.74, 6) is 1.66. The van der Waals surface area contributed by atoms with Crippen molar-refractivity contribution < 1.29 is 4.39 Å². The molecule has 0 bridgehead atoms. The minimum absolute atomic E-state index is 0.204. The highest BCUT2D eigenvalue weighted by molar-refractivity contribution is 6.16. The number of nitrogens with zero attached hydrogens (tertiary/aromatic N) is 2. The number of aryl methyl sites for hydroxylation is 1. The van der Waals surface area contributed by atoms with Crippen LogP contribution in [0.5, 0.6) is 0 Å². The molecule has 0 radical (unpaired) electrons. The number of benzene rings is 1. The number of rotatable bonds is 3. The van der Waals surface area contributed by atoms with Gasteiger partial charge in [-0.05, 0) is 36.3 Å². The van der Waals surface area contributed by atoms with Gasteiger partial charge < -0.3 is 4.57 Å². The lowest BCUT2D eigenvalue weighted by Crippen LogP contribution is -2.07. The molecule has 0 aliphatic heterocycles. The van der Waals surface area contributed by atoms with E-state index in [1.165, 1.54) is 12.5 Å². The maximum Gasteiger partial charge on any atom is 0.128 e. The van der Waals surface area contributed by atoms with Crippen molar-refractivity contribution >= 4 is 22.6 Å². The molecule has 1 aliphatic carbocycles. The van der Waals surface area contributed by atoms with E-state index < -0.39 is 0 Å². The van der Waals surface area contributed by atoms with Gasteiger partial charge in [0, 0.05) is 12.6 Å². The number of halogens is 2. The fraction of sp³-hybridized carbons (Fsp3) is 0.533. The highest BCUT2D eigenvalue weighted by Gasteiger charge is 2.45. The Morgan fingerprint density at radius 2 is 2.16 bits per heavy atom. The zero-order valence-corrected chi connectivity index (χ0v) is 12.3. The predicted octanol–water partition coefficient (Wildman–Crippen LogP) is 4.27. The van der Waals surface area contributed by atoms with Crippen LogP contribution in [-0.2, 0) is 12.4 Å². The van der Waals surface area contributed by atoms with Crippen LogP contribution in [0.25, 0.3) is 11.0 Å². The van der Waals surface area contributed by atoms with Gasteiger partial charge in [-0.2, -0.15) is 0 Å². The van der Waals surface area contributed by atoms with Crippen LogP contribution >= 0.6 is 11.6 Å². The summed E-state index contributed by atoms with van der Waals surface area (Å²) in [7, 11) is 0. The molecule has 1 aromatic heterocycles. The van der Waals surface area contributed by atoms with Gasteiger partial charge in [-0.25, -0.2) is 9.37 Å². The first kappa shape index (κ1) is 12.9. The number of aromatic nitrogens is 2. The quantitative estimate of drug-likeness (QED) is 0.768.